The van der Waals surface area contributed by atoms with Gasteiger partial charge in [-0.25, -0.2) is 0 Å². The van der Waals surface area contributed by atoms with E-state index in [-0.39, 0.29) is 0 Å². The quantitative estimate of drug-likeness (QED) is 0.305. The lowest BCUT2D eigenvalue weighted by molar-refractivity contribution is 0.138. The van der Waals surface area contributed by atoms with Crippen molar-refractivity contribution in [2.24, 2.45) is 23.7 Å². The van der Waals surface area contributed by atoms with E-state index in [9.17, 15) is 0 Å². The van der Waals surface area contributed by atoms with Gasteiger partial charge in [-0.15, -0.1) is 0 Å². The van der Waals surface area contributed by atoms with Gasteiger partial charge in [0.1, 0.15) is 0 Å². The second-order valence-electron chi connectivity index (χ2n) is 13.7. The van der Waals surface area contributed by atoms with E-state index in [0.717, 1.165) is 47.3 Å². The molecule has 0 heterocycles. The van der Waals surface area contributed by atoms with Crippen LogP contribution in [0.4, 0.5) is 0 Å². The van der Waals surface area contributed by atoms with Crippen LogP contribution >= 0.6 is 0 Å². The van der Waals surface area contributed by atoms with Crippen molar-refractivity contribution >= 4 is 24.3 Å². The summed E-state index contributed by atoms with van der Waals surface area (Å²) >= 11 is 0. The first-order valence-electron chi connectivity index (χ1n) is 15.6. The molecule has 0 aliphatic heterocycles. The zero-order valence-electron chi connectivity index (χ0n) is 21.7. The van der Waals surface area contributed by atoms with Crippen LogP contribution in [0.1, 0.15) is 145 Å². The summed E-state index contributed by atoms with van der Waals surface area (Å²) in [7, 11) is 0. The van der Waals surface area contributed by atoms with Crippen molar-refractivity contribution in [2.75, 3.05) is 0 Å². The van der Waals surface area contributed by atoms with Crippen LogP contribution in [0.2, 0.25) is 0 Å². The molecule has 0 bridgehead atoms. The molecule has 0 radical (unpaired) electrons. The molecule has 2 aromatic carbocycles. The van der Waals surface area contributed by atoms with Gasteiger partial charge in [0.2, 0.25) is 0 Å². The summed E-state index contributed by atoms with van der Waals surface area (Å²) in [6, 6.07) is 10.5. The molecule has 0 spiro atoms. The standard InChI is InChI=1S/C36H40/c1-5-21-6-2-10-28-32-18-24-15-16-26-20-34-30-12-4-8-22-7-3-11-29(36(22)30)33(34)19-25(26)14-13-23(24)17-31(32)27(9-1)35(21)28/h13-22,27-30,35-36H,1-12H2/b14-13-,16-15?,23-13?,24-15?,25-14?,26-16?. The van der Waals surface area contributed by atoms with Gasteiger partial charge in [0.15, 0.2) is 0 Å². The summed E-state index contributed by atoms with van der Waals surface area (Å²) in [4.78, 5) is 0. The molecule has 4 fully saturated rings. The molecule has 7 aliphatic rings. The second-order valence-corrected chi connectivity index (χ2v) is 13.7. The number of fused-ring (bicyclic) bond motifs is 8. The molecule has 0 amide bonds. The Kier molecular flexibility index (Phi) is 4.49. The van der Waals surface area contributed by atoms with Gasteiger partial charge < -0.3 is 0 Å². The summed E-state index contributed by atoms with van der Waals surface area (Å²) in [6.07, 6.45) is 27.4. The highest BCUT2D eigenvalue weighted by atomic mass is 14.5. The molecule has 0 saturated heterocycles. The van der Waals surface area contributed by atoms with Gasteiger partial charge in [-0.05, 0) is 118 Å². The molecular weight excluding hydrogens is 432 g/mol. The maximum Gasteiger partial charge on any atom is -0.0122 e. The minimum atomic E-state index is 0.843. The number of hydrogen-bond donors (Lipinski definition) is 0. The normalized spacial score (nSPS) is 39.6. The molecule has 0 nitrogen and oxygen atoms in total. The molecule has 0 heteroatoms. The summed E-state index contributed by atoms with van der Waals surface area (Å²) in [5.74, 6) is 7.27. The zero-order chi connectivity index (χ0) is 23.4. The first-order chi connectivity index (χ1) is 17.8. The van der Waals surface area contributed by atoms with Crippen molar-refractivity contribution in [1.82, 2.24) is 0 Å². The van der Waals surface area contributed by atoms with E-state index in [0.29, 0.717) is 0 Å². The molecule has 7 aliphatic carbocycles. The zero-order valence-corrected chi connectivity index (χ0v) is 21.7. The summed E-state index contributed by atoms with van der Waals surface area (Å²) in [6.45, 7) is 0. The van der Waals surface area contributed by atoms with Crippen molar-refractivity contribution in [3.8, 4) is 0 Å². The molecule has 8 unspecified atom stereocenters. The maximum absolute atomic E-state index is 2.63. The molecule has 184 valence electrons. The molecule has 36 heavy (non-hydrogen) atoms. The van der Waals surface area contributed by atoms with Crippen molar-refractivity contribution in [3.63, 3.8) is 0 Å². The predicted octanol–water partition coefficient (Wildman–Crippen LogP) is 9.90. The van der Waals surface area contributed by atoms with Crippen LogP contribution in [0.5, 0.6) is 0 Å². The maximum atomic E-state index is 2.63. The van der Waals surface area contributed by atoms with Gasteiger partial charge in [-0.2, -0.15) is 0 Å². The third-order valence-electron chi connectivity index (χ3n) is 12.4. The summed E-state index contributed by atoms with van der Waals surface area (Å²) < 4.78 is 0. The lowest BCUT2D eigenvalue weighted by atomic mass is 9.64. The van der Waals surface area contributed by atoms with Crippen LogP contribution in [0, 0.1) is 23.7 Å². The minimum Gasteiger partial charge on any atom is -0.0538 e. The van der Waals surface area contributed by atoms with Gasteiger partial charge in [0, 0.05) is 0 Å². The third kappa shape index (κ3) is 2.83. The highest BCUT2D eigenvalue weighted by Gasteiger charge is 2.49. The molecule has 2 aromatic rings. The summed E-state index contributed by atoms with van der Waals surface area (Å²) in [5, 5.41) is 0. The molecule has 8 atom stereocenters. The SMILES string of the molecule is C1=Cc2cc3c(cc2/C=C\c2cc4c(cc21)C1CCCC2CCCC4C21)C1CCCC2CCCC3C21. The van der Waals surface area contributed by atoms with Crippen LogP contribution in [0.15, 0.2) is 24.3 Å². The Bertz CT molecular complexity index is 1110. The Morgan fingerprint density at radius 3 is 0.917 bits per heavy atom. The highest BCUT2D eigenvalue weighted by Crippen LogP contribution is 2.62. The first kappa shape index (κ1) is 20.9. The largest absolute Gasteiger partial charge is 0.0538 e. The van der Waals surface area contributed by atoms with E-state index >= 15 is 0 Å². The van der Waals surface area contributed by atoms with Crippen LogP contribution in [-0.4, -0.2) is 0 Å². The molecular formula is C36H40. The van der Waals surface area contributed by atoms with Crippen molar-refractivity contribution in [1.29, 1.82) is 0 Å². The van der Waals surface area contributed by atoms with Gasteiger partial charge in [-0.1, -0.05) is 99.9 Å². The fourth-order valence-electron chi connectivity index (χ4n) is 11.1. The topological polar surface area (TPSA) is 0 Å². The number of rotatable bonds is 0. The monoisotopic (exact) mass is 472 g/mol. The average molecular weight is 473 g/mol. The lowest BCUT2D eigenvalue weighted by Crippen LogP contribution is -2.30. The molecule has 9 rings (SSSR count). The lowest BCUT2D eigenvalue weighted by Gasteiger charge is -2.41. The third-order valence-corrected chi connectivity index (χ3v) is 12.4. The van der Waals surface area contributed by atoms with Gasteiger partial charge in [-0.3, -0.25) is 0 Å². The van der Waals surface area contributed by atoms with Gasteiger partial charge in [0.05, 0.1) is 0 Å². The summed E-state index contributed by atoms with van der Waals surface area (Å²) in [5.41, 5.74) is 12.8. The van der Waals surface area contributed by atoms with Gasteiger partial charge in [0.25, 0.3) is 0 Å². The van der Waals surface area contributed by atoms with Crippen LogP contribution in [-0.2, 0) is 0 Å². The van der Waals surface area contributed by atoms with Crippen molar-refractivity contribution in [2.45, 2.75) is 101 Å². The van der Waals surface area contributed by atoms with Crippen molar-refractivity contribution in [3.05, 3.63) is 68.8 Å². The molecule has 4 saturated carbocycles. The van der Waals surface area contributed by atoms with E-state index in [2.05, 4.69) is 48.6 Å². The minimum absolute atomic E-state index is 0.843. The van der Waals surface area contributed by atoms with E-state index in [4.69, 9.17) is 0 Å². The smallest absolute Gasteiger partial charge is 0.0122 e. The first-order valence-corrected chi connectivity index (χ1v) is 15.6. The van der Waals surface area contributed by atoms with Crippen molar-refractivity contribution < 1.29 is 0 Å². The number of hydrogen-bond acceptors (Lipinski definition) is 0. The Balaban J connectivity index is 1.13. The predicted molar refractivity (Wildman–Crippen MR) is 151 cm³/mol. The van der Waals surface area contributed by atoms with Crippen LogP contribution in [0.3, 0.4) is 0 Å². The van der Waals surface area contributed by atoms with Gasteiger partial charge >= 0.3 is 0 Å². The average Bonchev–Trinajstić information content (AvgIpc) is 3.39. The Labute approximate surface area is 217 Å². The fraction of sp³-hybridized carbons (Fsp3) is 0.556. The van der Waals surface area contributed by atoms with E-state index in [1.807, 2.05) is 0 Å². The highest BCUT2D eigenvalue weighted by molar-refractivity contribution is 5.87. The van der Waals surface area contributed by atoms with Crippen LogP contribution < -0.4 is 0 Å². The van der Waals surface area contributed by atoms with E-state index in [1.165, 1.54) is 99.3 Å². The Morgan fingerprint density at radius 1 is 0.361 bits per heavy atom. The second kappa shape index (κ2) is 7.72. The van der Waals surface area contributed by atoms with E-state index in [1.54, 1.807) is 22.3 Å². The van der Waals surface area contributed by atoms with Crippen LogP contribution in [0.25, 0.3) is 24.3 Å². The fourth-order valence-corrected chi connectivity index (χ4v) is 11.1. The van der Waals surface area contributed by atoms with E-state index < -0.39 is 0 Å². The Hall–Kier alpha value is -2.08. The number of benzene rings is 2. The molecule has 0 aromatic heterocycles. The molecule has 0 N–H and O–H groups in total. The Morgan fingerprint density at radius 2 is 0.639 bits per heavy atom.